The number of hydrogen-bond acceptors (Lipinski definition) is 0. The van der Waals surface area contributed by atoms with Crippen LogP contribution in [0.1, 0.15) is 60.3 Å². The van der Waals surface area contributed by atoms with Crippen molar-refractivity contribution < 1.29 is 0 Å². The molecule has 1 rings (SSSR count). The van der Waals surface area contributed by atoms with Crippen LogP contribution in [-0.4, -0.2) is 0 Å². The van der Waals surface area contributed by atoms with Gasteiger partial charge in [-0.15, -0.1) is 0 Å². The predicted molar refractivity (Wildman–Crippen MR) is 64.3 cm³/mol. The Hall–Kier alpha value is 0. The van der Waals surface area contributed by atoms with Crippen molar-refractivity contribution in [3.05, 3.63) is 0 Å². The lowest BCUT2D eigenvalue weighted by Crippen LogP contribution is -2.14. The minimum absolute atomic E-state index is 0.922. The summed E-state index contributed by atoms with van der Waals surface area (Å²) < 4.78 is 0. The van der Waals surface area contributed by atoms with Gasteiger partial charge in [0.1, 0.15) is 0 Å². The van der Waals surface area contributed by atoms with Crippen molar-refractivity contribution in [2.75, 3.05) is 0 Å². The van der Waals surface area contributed by atoms with Gasteiger partial charge in [0.2, 0.25) is 0 Å². The summed E-state index contributed by atoms with van der Waals surface area (Å²) in [6, 6.07) is 0. The van der Waals surface area contributed by atoms with Gasteiger partial charge in [0.25, 0.3) is 0 Å². The van der Waals surface area contributed by atoms with Gasteiger partial charge < -0.3 is 0 Å². The zero-order chi connectivity index (χ0) is 10.7. The van der Waals surface area contributed by atoms with E-state index in [1.807, 2.05) is 0 Å². The fourth-order valence-corrected chi connectivity index (χ4v) is 2.82. The highest BCUT2D eigenvalue weighted by Crippen LogP contribution is 2.49. The van der Waals surface area contributed by atoms with Crippen molar-refractivity contribution in [3.8, 4) is 0 Å². The third-order valence-corrected chi connectivity index (χ3v) is 4.55. The summed E-state index contributed by atoms with van der Waals surface area (Å²) in [5.74, 6) is 4.97. The van der Waals surface area contributed by atoms with Crippen LogP contribution in [0.3, 0.4) is 0 Å². The third kappa shape index (κ3) is 3.00. The van der Waals surface area contributed by atoms with Crippen LogP contribution >= 0.6 is 0 Å². The zero-order valence-corrected chi connectivity index (χ0v) is 10.7. The molecule has 0 heterocycles. The van der Waals surface area contributed by atoms with E-state index in [9.17, 15) is 0 Å². The summed E-state index contributed by atoms with van der Waals surface area (Å²) >= 11 is 0. The molecule has 0 aromatic heterocycles. The standard InChI is InChI=1S/C14H28/c1-6-10(3)8-11(4)12(5)14-9-13(14)7-2/h10-14H,6-9H2,1-5H3. The quantitative estimate of drug-likeness (QED) is 0.575. The molecule has 1 saturated carbocycles. The van der Waals surface area contributed by atoms with Crippen LogP contribution in [0.25, 0.3) is 0 Å². The summed E-state index contributed by atoms with van der Waals surface area (Å²) in [5.41, 5.74) is 0. The highest BCUT2D eigenvalue weighted by molar-refractivity contribution is 4.90. The molecule has 1 aliphatic carbocycles. The van der Waals surface area contributed by atoms with Gasteiger partial charge in [0.05, 0.1) is 0 Å². The average molecular weight is 196 g/mol. The van der Waals surface area contributed by atoms with Crippen molar-refractivity contribution in [2.45, 2.75) is 60.3 Å². The lowest BCUT2D eigenvalue weighted by molar-refractivity contribution is 0.273. The molecule has 0 bridgehead atoms. The van der Waals surface area contributed by atoms with Gasteiger partial charge in [-0.2, -0.15) is 0 Å². The Kier molecular flexibility index (Phi) is 4.47. The average Bonchev–Trinajstić information content (AvgIpc) is 2.95. The van der Waals surface area contributed by atoms with Crippen molar-refractivity contribution >= 4 is 0 Å². The van der Waals surface area contributed by atoms with Crippen LogP contribution in [0.4, 0.5) is 0 Å². The molecule has 0 nitrogen and oxygen atoms in total. The molecular formula is C14H28. The van der Waals surface area contributed by atoms with Gasteiger partial charge in [0, 0.05) is 0 Å². The van der Waals surface area contributed by atoms with Gasteiger partial charge in [-0.3, -0.25) is 0 Å². The maximum Gasteiger partial charge on any atom is -0.0355 e. The molecule has 0 spiro atoms. The molecular weight excluding hydrogens is 168 g/mol. The molecule has 0 aliphatic heterocycles. The second-order valence-corrected chi connectivity index (χ2v) is 5.65. The third-order valence-electron chi connectivity index (χ3n) is 4.55. The van der Waals surface area contributed by atoms with Crippen molar-refractivity contribution in [3.63, 3.8) is 0 Å². The molecule has 1 aliphatic rings. The summed E-state index contributed by atoms with van der Waals surface area (Å²) in [6.07, 6.45) is 5.71. The molecule has 14 heavy (non-hydrogen) atoms. The molecule has 0 heteroatoms. The predicted octanol–water partition coefficient (Wildman–Crippen LogP) is 4.74. The van der Waals surface area contributed by atoms with Crippen LogP contribution in [0, 0.1) is 29.6 Å². The lowest BCUT2D eigenvalue weighted by atomic mass is 9.83. The summed E-state index contributed by atoms with van der Waals surface area (Å²) in [6.45, 7) is 12.0. The molecule has 0 saturated heterocycles. The Morgan fingerprint density at radius 1 is 1.14 bits per heavy atom. The van der Waals surface area contributed by atoms with E-state index in [-0.39, 0.29) is 0 Å². The van der Waals surface area contributed by atoms with Gasteiger partial charge in [-0.05, 0) is 42.4 Å². The fraction of sp³-hybridized carbons (Fsp3) is 1.00. The van der Waals surface area contributed by atoms with E-state index in [2.05, 4.69) is 34.6 Å². The maximum absolute atomic E-state index is 2.48. The Morgan fingerprint density at radius 3 is 2.21 bits per heavy atom. The Balaban J connectivity index is 2.27. The van der Waals surface area contributed by atoms with E-state index in [4.69, 9.17) is 0 Å². The monoisotopic (exact) mass is 196 g/mol. The second-order valence-electron chi connectivity index (χ2n) is 5.65. The van der Waals surface area contributed by atoms with E-state index in [0.29, 0.717) is 0 Å². The van der Waals surface area contributed by atoms with E-state index in [1.165, 1.54) is 25.7 Å². The molecule has 0 aromatic carbocycles. The summed E-state index contributed by atoms with van der Waals surface area (Å²) in [4.78, 5) is 0. The largest absolute Gasteiger partial charge is 0.0651 e. The smallest absolute Gasteiger partial charge is 0.0355 e. The lowest BCUT2D eigenvalue weighted by Gasteiger charge is -2.23. The van der Waals surface area contributed by atoms with E-state index >= 15 is 0 Å². The van der Waals surface area contributed by atoms with Crippen LogP contribution in [0.15, 0.2) is 0 Å². The fourth-order valence-electron chi connectivity index (χ4n) is 2.82. The summed E-state index contributed by atoms with van der Waals surface area (Å²) in [7, 11) is 0. The Labute approximate surface area is 90.5 Å². The first-order chi connectivity index (χ1) is 6.60. The number of rotatable bonds is 6. The zero-order valence-electron chi connectivity index (χ0n) is 10.7. The highest BCUT2D eigenvalue weighted by atomic mass is 14.5. The van der Waals surface area contributed by atoms with Crippen molar-refractivity contribution in [1.82, 2.24) is 0 Å². The van der Waals surface area contributed by atoms with E-state index in [0.717, 1.165) is 29.6 Å². The minimum Gasteiger partial charge on any atom is -0.0651 e. The first-order valence-corrected chi connectivity index (χ1v) is 6.60. The Bertz CT molecular complexity index is 161. The molecule has 5 atom stereocenters. The first kappa shape index (κ1) is 12.1. The van der Waals surface area contributed by atoms with Gasteiger partial charge in [-0.1, -0.05) is 47.5 Å². The molecule has 0 radical (unpaired) electrons. The normalized spacial score (nSPS) is 32.4. The molecule has 84 valence electrons. The molecule has 0 aromatic rings. The van der Waals surface area contributed by atoms with Crippen LogP contribution in [0.2, 0.25) is 0 Å². The van der Waals surface area contributed by atoms with E-state index in [1.54, 1.807) is 0 Å². The highest BCUT2D eigenvalue weighted by Gasteiger charge is 2.40. The maximum atomic E-state index is 2.48. The van der Waals surface area contributed by atoms with Crippen LogP contribution in [-0.2, 0) is 0 Å². The van der Waals surface area contributed by atoms with Gasteiger partial charge >= 0.3 is 0 Å². The molecule has 5 unspecified atom stereocenters. The van der Waals surface area contributed by atoms with E-state index < -0.39 is 0 Å². The SMILES string of the molecule is CCC(C)CC(C)C(C)C1CC1CC. The second kappa shape index (κ2) is 5.19. The topological polar surface area (TPSA) is 0 Å². The summed E-state index contributed by atoms with van der Waals surface area (Å²) in [5, 5.41) is 0. The molecule has 1 fully saturated rings. The molecule has 0 amide bonds. The van der Waals surface area contributed by atoms with Crippen molar-refractivity contribution in [2.24, 2.45) is 29.6 Å². The molecule has 0 N–H and O–H groups in total. The minimum atomic E-state index is 0.922. The van der Waals surface area contributed by atoms with Gasteiger partial charge in [0.15, 0.2) is 0 Å². The van der Waals surface area contributed by atoms with Gasteiger partial charge in [-0.25, -0.2) is 0 Å². The Morgan fingerprint density at radius 2 is 1.79 bits per heavy atom. The van der Waals surface area contributed by atoms with Crippen molar-refractivity contribution in [1.29, 1.82) is 0 Å². The van der Waals surface area contributed by atoms with Crippen LogP contribution < -0.4 is 0 Å². The first-order valence-electron chi connectivity index (χ1n) is 6.60. The number of hydrogen-bond donors (Lipinski definition) is 0. The van der Waals surface area contributed by atoms with Crippen LogP contribution in [0.5, 0.6) is 0 Å².